The second kappa shape index (κ2) is 5.56. The second-order valence-electron chi connectivity index (χ2n) is 3.03. The third-order valence-corrected chi connectivity index (χ3v) is 2.00. The van der Waals surface area contributed by atoms with Crippen molar-refractivity contribution >= 4 is 11.4 Å². The fourth-order valence-corrected chi connectivity index (χ4v) is 1.19. The maximum atomic E-state index is 8.71. The molecule has 0 aliphatic rings. The summed E-state index contributed by atoms with van der Waals surface area (Å²) in [4.78, 5) is 4.69. The Morgan fingerprint density at radius 1 is 1.38 bits per heavy atom. The quantitative estimate of drug-likeness (QED) is 0.363. The van der Waals surface area contributed by atoms with Gasteiger partial charge < -0.3 is 10.0 Å². The van der Waals surface area contributed by atoms with E-state index in [1.165, 1.54) is 7.11 Å². The average molecular weight is 216 g/mol. The molecule has 0 unspecified atom stereocenters. The summed E-state index contributed by atoms with van der Waals surface area (Å²) in [5.74, 6) is 2.52. The maximum absolute atomic E-state index is 8.71. The minimum Gasteiger partial charge on any atom is -0.411 e. The van der Waals surface area contributed by atoms with Gasteiger partial charge in [-0.3, -0.25) is 0 Å². The molecule has 0 spiro atoms. The third-order valence-electron chi connectivity index (χ3n) is 2.00. The summed E-state index contributed by atoms with van der Waals surface area (Å²) in [5, 5.41) is 15.6. The molecule has 0 atom stereocenters. The summed E-state index contributed by atoms with van der Waals surface area (Å²) in [6.07, 6.45) is 5.25. The second-order valence-corrected chi connectivity index (χ2v) is 3.03. The first-order valence-corrected chi connectivity index (χ1v) is 4.60. The zero-order valence-electron chi connectivity index (χ0n) is 9.14. The highest BCUT2D eigenvalue weighted by atomic mass is 16.6. The van der Waals surface area contributed by atoms with E-state index in [-0.39, 0.29) is 0 Å². The lowest BCUT2D eigenvalue weighted by Crippen LogP contribution is -2.12. The van der Waals surface area contributed by atoms with Gasteiger partial charge in [-0.1, -0.05) is 28.4 Å². The van der Waals surface area contributed by atoms with Gasteiger partial charge in [-0.15, -0.1) is 6.42 Å². The van der Waals surface area contributed by atoms with Gasteiger partial charge in [0.15, 0.2) is 0 Å². The summed E-state index contributed by atoms with van der Waals surface area (Å²) in [6, 6.07) is 7.15. The minimum atomic E-state index is 0.371. The van der Waals surface area contributed by atoms with Gasteiger partial charge in [0.05, 0.1) is 0 Å². The molecule has 0 bridgehead atoms. The molecule has 82 valence electrons. The summed E-state index contributed by atoms with van der Waals surface area (Å²) in [7, 11) is 1.43. The van der Waals surface area contributed by atoms with E-state index < -0.39 is 0 Å². The van der Waals surface area contributed by atoms with Crippen LogP contribution in [0.4, 0.5) is 0 Å². The molecule has 4 heteroatoms. The first-order chi connectivity index (χ1) is 7.72. The fraction of sp³-hybridized carbons (Fsp3) is 0.167. The van der Waals surface area contributed by atoms with Crippen LogP contribution in [0.15, 0.2) is 34.6 Å². The lowest BCUT2D eigenvalue weighted by molar-refractivity contribution is 0.214. The van der Waals surface area contributed by atoms with Crippen molar-refractivity contribution in [3.05, 3.63) is 35.4 Å². The number of rotatable bonds is 3. The monoisotopic (exact) mass is 216 g/mol. The van der Waals surface area contributed by atoms with Crippen molar-refractivity contribution in [3.8, 4) is 12.3 Å². The van der Waals surface area contributed by atoms with Gasteiger partial charge in [0.1, 0.15) is 18.5 Å². The Bertz CT molecular complexity index is 453. The highest BCUT2D eigenvalue weighted by molar-refractivity contribution is 6.47. The zero-order chi connectivity index (χ0) is 12.0. The highest BCUT2D eigenvalue weighted by Crippen LogP contribution is 2.06. The molecule has 0 amide bonds. The number of terminal acetylenes is 1. The Morgan fingerprint density at radius 3 is 2.44 bits per heavy atom. The molecular formula is C12H12N2O2. The van der Waals surface area contributed by atoms with Gasteiger partial charge in [0.25, 0.3) is 0 Å². The van der Waals surface area contributed by atoms with Crippen LogP contribution < -0.4 is 0 Å². The molecule has 0 aliphatic carbocycles. The van der Waals surface area contributed by atoms with Gasteiger partial charge in [-0.2, -0.15) is 0 Å². The lowest BCUT2D eigenvalue weighted by atomic mass is 10.1. The summed E-state index contributed by atoms with van der Waals surface area (Å²) in [6.45, 7) is 1.63. The van der Waals surface area contributed by atoms with Crippen molar-refractivity contribution in [1.29, 1.82) is 0 Å². The fourth-order valence-electron chi connectivity index (χ4n) is 1.19. The SMILES string of the molecule is C#Cc1ccc(C(=N/OC)/C(C)=N/O)cc1. The van der Waals surface area contributed by atoms with E-state index in [9.17, 15) is 0 Å². The van der Waals surface area contributed by atoms with E-state index in [2.05, 4.69) is 16.2 Å². The number of hydrogen-bond donors (Lipinski definition) is 1. The van der Waals surface area contributed by atoms with Crippen LogP contribution in [0.25, 0.3) is 0 Å². The van der Waals surface area contributed by atoms with E-state index >= 15 is 0 Å². The Hall–Kier alpha value is -2.28. The predicted molar refractivity (Wildman–Crippen MR) is 62.8 cm³/mol. The van der Waals surface area contributed by atoms with Crippen LogP contribution >= 0.6 is 0 Å². The molecule has 1 N–H and O–H groups in total. The topological polar surface area (TPSA) is 54.2 Å². The van der Waals surface area contributed by atoms with Crippen LogP contribution in [-0.2, 0) is 4.84 Å². The van der Waals surface area contributed by atoms with Gasteiger partial charge in [-0.25, -0.2) is 0 Å². The van der Waals surface area contributed by atoms with Crippen molar-refractivity contribution in [3.63, 3.8) is 0 Å². The highest BCUT2D eigenvalue weighted by Gasteiger charge is 2.08. The van der Waals surface area contributed by atoms with Crippen LogP contribution in [0.3, 0.4) is 0 Å². The van der Waals surface area contributed by atoms with E-state index in [0.29, 0.717) is 11.4 Å². The molecule has 1 rings (SSSR count). The number of oxime groups is 2. The van der Waals surface area contributed by atoms with Crippen LogP contribution in [0.1, 0.15) is 18.1 Å². The molecule has 16 heavy (non-hydrogen) atoms. The standard InChI is InChI=1S/C12H12N2O2/c1-4-10-5-7-11(8-6-10)12(14-16-3)9(2)13-15/h1,5-8,15H,2-3H3/b13-9+,14-12+. The maximum Gasteiger partial charge on any atom is 0.134 e. The summed E-state index contributed by atoms with van der Waals surface area (Å²) >= 11 is 0. The minimum absolute atomic E-state index is 0.371. The summed E-state index contributed by atoms with van der Waals surface area (Å²) < 4.78 is 0. The Labute approximate surface area is 94.2 Å². The smallest absolute Gasteiger partial charge is 0.134 e. The van der Waals surface area contributed by atoms with Crippen LogP contribution in [-0.4, -0.2) is 23.7 Å². The lowest BCUT2D eigenvalue weighted by Gasteiger charge is -2.04. The van der Waals surface area contributed by atoms with Crippen LogP contribution in [0.5, 0.6) is 0 Å². The number of hydrogen-bond acceptors (Lipinski definition) is 4. The number of benzene rings is 1. The van der Waals surface area contributed by atoms with Crippen LogP contribution in [0, 0.1) is 12.3 Å². The first kappa shape index (κ1) is 11.8. The molecule has 0 fully saturated rings. The van der Waals surface area contributed by atoms with Crippen molar-refractivity contribution in [2.24, 2.45) is 10.3 Å². The molecule has 0 saturated heterocycles. The molecule has 0 aliphatic heterocycles. The van der Waals surface area contributed by atoms with Crippen molar-refractivity contribution < 1.29 is 10.0 Å². The predicted octanol–water partition coefficient (Wildman–Crippen LogP) is 1.87. The third kappa shape index (κ3) is 2.61. The van der Waals surface area contributed by atoms with E-state index in [1.54, 1.807) is 31.2 Å². The molecular weight excluding hydrogens is 204 g/mol. The molecule has 1 aromatic carbocycles. The summed E-state index contributed by atoms with van der Waals surface area (Å²) in [5.41, 5.74) is 2.39. The first-order valence-electron chi connectivity index (χ1n) is 4.60. The number of nitrogens with zero attached hydrogens (tertiary/aromatic N) is 2. The molecule has 0 aromatic heterocycles. The van der Waals surface area contributed by atoms with Gasteiger partial charge in [-0.05, 0) is 19.1 Å². The van der Waals surface area contributed by atoms with E-state index in [4.69, 9.17) is 16.5 Å². The molecule has 0 saturated carbocycles. The van der Waals surface area contributed by atoms with Gasteiger partial charge in [0, 0.05) is 11.1 Å². The normalized spacial score (nSPS) is 12.1. The molecule has 0 radical (unpaired) electrons. The van der Waals surface area contributed by atoms with Crippen molar-refractivity contribution in [2.75, 3.05) is 7.11 Å². The van der Waals surface area contributed by atoms with E-state index in [1.807, 2.05) is 0 Å². The Balaban J connectivity index is 3.13. The molecule has 4 nitrogen and oxygen atoms in total. The molecule has 0 heterocycles. The van der Waals surface area contributed by atoms with Crippen molar-refractivity contribution in [1.82, 2.24) is 0 Å². The van der Waals surface area contributed by atoms with Crippen molar-refractivity contribution in [2.45, 2.75) is 6.92 Å². The zero-order valence-corrected chi connectivity index (χ0v) is 9.14. The average Bonchev–Trinajstić information content (AvgIpc) is 2.35. The Morgan fingerprint density at radius 2 is 2.00 bits per heavy atom. The van der Waals surface area contributed by atoms with E-state index in [0.717, 1.165) is 11.1 Å². The van der Waals surface area contributed by atoms with Gasteiger partial charge >= 0.3 is 0 Å². The van der Waals surface area contributed by atoms with Gasteiger partial charge in [0.2, 0.25) is 0 Å². The Kier molecular flexibility index (Phi) is 4.10. The van der Waals surface area contributed by atoms with Crippen LogP contribution in [0.2, 0.25) is 0 Å². The largest absolute Gasteiger partial charge is 0.411 e. The molecule has 1 aromatic rings.